The van der Waals surface area contributed by atoms with Crippen molar-refractivity contribution < 1.29 is 28.2 Å². The van der Waals surface area contributed by atoms with E-state index < -0.39 is 36.0 Å². The van der Waals surface area contributed by atoms with Gasteiger partial charge in [0.15, 0.2) is 6.61 Å². The van der Waals surface area contributed by atoms with Crippen LogP contribution >= 0.6 is 0 Å². The molecule has 2 amide bonds. The number of anilines is 2. The van der Waals surface area contributed by atoms with E-state index in [1.807, 2.05) is 0 Å². The summed E-state index contributed by atoms with van der Waals surface area (Å²) in [6, 6.07) is 11.5. The van der Waals surface area contributed by atoms with E-state index in [1.54, 1.807) is 27.7 Å². The third kappa shape index (κ3) is 6.88. The molecule has 30 heavy (non-hydrogen) atoms. The lowest BCUT2D eigenvalue weighted by Gasteiger charge is -2.21. The Bertz CT molecular complexity index is 889. The van der Waals surface area contributed by atoms with Gasteiger partial charge in [-0.2, -0.15) is 0 Å². The molecule has 0 fully saturated rings. The molecule has 2 rings (SSSR count). The number of ether oxygens (including phenoxy) is 2. The monoisotopic (exact) mass is 416 g/mol. The number of nitrogens with one attached hydrogen (secondary N) is 1. The zero-order chi connectivity index (χ0) is 22.3. The van der Waals surface area contributed by atoms with Crippen molar-refractivity contribution in [3.63, 3.8) is 0 Å². The number of esters is 1. The molecular formula is C22H25FN2O5. The molecule has 0 spiro atoms. The van der Waals surface area contributed by atoms with Crippen LogP contribution in [0.3, 0.4) is 0 Å². The van der Waals surface area contributed by atoms with Crippen LogP contribution < -0.4 is 10.2 Å². The lowest BCUT2D eigenvalue weighted by atomic mass is 10.2. The summed E-state index contributed by atoms with van der Waals surface area (Å²) in [5.74, 6) is -1.51. The van der Waals surface area contributed by atoms with E-state index in [2.05, 4.69) is 5.32 Å². The zero-order valence-corrected chi connectivity index (χ0v) is 17.4. The number of hydrogen-bond donors (Lipinski definition) is 1. The molecule has 0 aromatic heterocycles. The number of nitrogens with zero attached hydrogens (tertiary/aromatic N) is 1. The van der Waals surface area contributed by atoms with Crippen molar-refractivity contribution in [3.05, 3.63) is 59.9 Å². The van der Waals surface area contributed by atoms with E-state index in [9.17, 15) is 18.8 Å². The third-order valence-electron chi connectivity index (χ3n) is 3.85. The van der Waals surface area contributed by atoms with Crippen LogP contribution in [0.4, 0.5) is 20.6 Å². The SMILES string of the molecule is CCN(C(=O)COC(=O)c1ccc(NC(=O)OC(C)(C)C)cc1)c1ccc(F)cc1. The summed E-state index contributed by atoms with van der Waals surface area (Å²) < 4.78 is 23.3. The van der Waals surface area contributed by atoms with E-state index in [0.717, 1.165) is 0 Å². The summed E-state index contributed by atoms with van der Waals surface area (Å²) in [6.07, 6.45) is -0.608. The van der Waals surface area contributed by atoms with Gasteiger partial charge in [-0.15, -0.1) is 0 Å². The van der Waals surface area contributed by atoms with Gasteiger partial charge in [0.2, 0.25) is 0 Å². The third-order valence-corrected chi connectivity index (χ3v) is 3.85. The maximum atomic E-state index is 13.1. The van der Waals surface area contributed by atoms with Crippen molar-refractivity contribution in [2.45, 2.75) is 33.3 Å². The van der Waals surface area contributed by atoms with Crippen LogP contribution in [0, 0.1) is 5.82 Å². The fourth-order valence-electron chi connectivity index (χ4n) is 2.52. The van der Waals surface area contributed by atoms with Gasteiger partial charge >= 0.3 is 12.1 Å². The molecule has 0 aliphatic carbocycles. The maximum Gasteiger partial charge on any atom is 0.412 e. The van der Waals surface area contributed by atoms with Crippen molar-refractivity contribution >= 4 is 29.3 Å². The van der Waals surface area contributed by atoms with Gasteiger partial charge in [-0.25, -0.2) is 14.0 Å². The molecule has 8 heteroatoms. The summed E-state index contributed by atoms with van der Waals surface area (Å²) in [7, 11) is 0. The van der Waals surface area contributed by atoms with E-state index in [4.69, 9.17) is 9.47 Å². The average molecular weight is 416 g/mol. The predicted octanol–water partition coefficient (Wildman–Crippen LogP) is 4.38. The number of halogens is 1. The van der Waals surface area contributed by atoms with Crippen LogP contribution in [0.25, 0.3) is 0 Å². The number of rotatable bonds is 6. The first-order valence-electron chi connectivity index (χ1n) is 9.42. The van der Waals surface area contributed by atoms with Crippen molar-refractivity contribution in [1.82, 2.24) is 0 Å². The molecule has 0 aliphatic rings. The van der Waals surface area contributed by atoms with Gasteiger partial charge in [0.25, 0.3) is 5.91 Å². The molecule has 0 bridgehead atoms. The molecule has 1 N–H and O–H groups in total. The predicted molar refractivity (Wildman–Crippen MR) is 111 cm³/mol. The normalized spacial score (nSPS) is 10.8. The average Bonchev–Trinajstić information content (AvgIpc) is 2.67. The first kappa shape index (κ1) is 22.9. The van der Waals surface area contributed by atoms with Gasteiger partial charge in [0.1, 0.15) is 11.4 Å². The lowest BCUT2D eigenvalue weighted by Crippen LogP contribution is -2.34. The number of hydrogen-bond acceptors (Lipinski definition) is 5. The highest BCUT2D eigenvalue weighted by Crippen LogP contribution is 2.16. The molecular weight excluding hydrogens is 391 g/mol. The number of carbonyl (C=O) groups excluding carboxylic acids is 3. The molecule has 0 atom stereocenters. The molecule has 0 radical (unpaired) electrons. The zero-order valence-electron chi connectivity index (χ0n) is 17.4. The van der Waals surface area contributed by atoms with Crippen LogP contribution in [-0.2, 0) is 14.3 Å². The second kappa shape index (κ2) is 9.87. The number of amides is 2. The Hall–Kier alpha value is -3.42. The van der Waals surface area contributed by atoms with Crippen LogP contribution in [-0.4, -0.2) is 36.7 Å². The number of carbonyl (C=O) groups is 3. The maximum absolute atomic E-state index is 13.1. The summed E-state index contributed by atoms with van der Waals surface area (Å²) in [4.78, 5) is 37.7. The molecule has 0 heterocycles. The van der Waals surface area contributed by atoms with Crippen molar-refractivity contribution in [3.8, 4) is 0 Å². The highest BCUT2D eigenvalue weighted by molar-refractivity contribution is 5.97. The van der Waals surface area contributed by atoms with Gasteiger partial charge in [0, 0.05) is 17.9 Å². The van der Waals surface area contributed by atoms with Gasteiger partial charge in [-0.1, -0.05) is 0 Å². The van der Waals surface area contributed by atoms with Crippen LogP contribution in [0.2, 0.25) is 0 Å². The van der Waals surface area contributed by atoms with Crippen LogP contribution in [0.5, 0.6) is 0 Å². The van der Waals surface area contributed by atoms with Gasteiger partial charge < -0.3 is 14.4 Å². The molecule has 0 saturated heterocycles. The minimum absolute atomic E-state index is 0.224. The second-order valence-electron chi connectivity index (χ2n) is 7.39. The van der Waals surface area contributed by atoms with Crippen molar-refractivity contribution in [2.24, 2.45) is 0 Å². The Kier molecular flexibility index (Phi) is 7.52. The largest absolute Gasteiger partial charge is 0.452 e. The van der Waals surface area contributed by atoms with E-state index >= 15 is 0 Å². The molecule has 0 unspecified atom stereocenters. The van der Waals surface area contributed by atoms with Crippen LogP contribution in [0.15, 0.2) is 48.5 Å². The summed E-state index contributed by atoms with van der Waals surface area (Å²) in [5, 5.41) is 2.56. The molecule has 0 aliphatic heterocycles. The smallest absolute Gasteiger partial charge is 0.412 e. The number of likely N-dealkylation sites (N-methyl/N-ethyl adjacent to an activating group) is 1. The van der Waals surface area contributed by atoms with Crippen LogP contribution in [0.1, 0.15) is 38.1 Å². The fourth-order valence-corrected chi connectivity index (χ4v) is 2.52. The first-order valence-corrected chi connectivity index (χ1v) is 9.42. The van der Waals surface area contributed by atoms with E-state index in [-0.39, 0.29) is 5.56 Å². The summed E-state index contributed by atoms with van der Waals surface area (Å²) in [6.45, 7) is 6.91. The summed E-state index contributed by atoms with van der Waals surface area (Å²) in [5.41, 5.74) is 0.561. The Labute approximate surface area is 174 Å². The molecule has 7 nitrogen and oxygen atoms in total. The van der Waals surface area contributed by atoms with Crippen molar-refractivity contribution in [1.29, 1.82) is 0 Å². The quantitative estimate of drug-likeness (QED) is 0.707. The Morgan fingerprint density at radius 2 is 1.60 bits per heavy atom. The minimum Gasteiger partial charge on any atom is -0.452 e. The van der Waals surface area contributed by atoms with E-state index in [0.29, 0.717) is 17.9 Å². The summed E-state index contributed by atoms with van der Waals surface area (Å²) >= 11 is 0. The standard InChI is InChI=1S/C22H25FN2O5/c1-5-25(18-12-8-16(23)9-13-18)19(26)14-29-20(27)15-6-10-17(11-7-15)24-21(28)30-22(2,3)4/h6-13H,5,14H2,1-4H3,(H,24,28). The molecule has 2 aromatic carbocycles. The van der Waals surface area contributed by atoms with Gasteiger partial charge in [-0.3, -0.25) is 10.1 Å². The molecule has 2 aromatic rings. The van der Waals surface area contributed by atoms with Gasteiger partial charge in [-0.05, 0) is 76.2 Å². The highest BCUT2D eigenvalue weighted by atomic mass is 19.1. The van der Waals surface area contributed by atoms with Gasteiger partial charge in [0.05, 0.1) is 5.56 Å². The molecule has 160 valence electrons. The Morgan fingerprint density at radius 3 is 2.13 bits per heavy atom. The number of benzene rings is 2. The highest BCUT2D eigenvalue weighted by Gasteiger charge is 2.18. The van der Waals surface area contributed by atoms with Crippen molar-refractivity contribution in [2.75, 3.05) is 23.4 Å². The fraction of sp³-hybridized carbons (Fsp3) is 0.318. The Morgan fingerprint density at radius 1 is 1.00 bits per heavy atom. The Balaban J connectivity index is 1.91. The lowest BCUT2D eigenvalue weighted by molar-refractivity contribution is -0.121. The molecule has 0 saturated carbocycles. The topological polar surface area (TPSA) is 84.9 Å². The van der Waals surface area contributed by atoms with E-state index in [1.165, 1.54) is 53.4 Å². The minimum atomic E-state index is -0.678. The first-order chi connectivity index (χ1) is 14.1. The second-order valence-corrected chi connectivity index (χ2v) is 7.39.